The fourth-order valence-corrected chi connectivity index (χ4v) is 4.87. The standard InChI is InChI=1S/C27H30O17/c28-6-12-15(32)19(36)21(38)26(41-12)43-24-10(31)5-11-14(17(24)34)18(35)25(23(40-11)8-1-3-9(30)4-2-8)44-27-22(39)20(37)16(33)13(7-29)42-27/h1-5,12-13,15-16,19-22,26-34,36-39H,6-7H2/t12?,13?,15-,16-,19+,20?,21?,22?,26+,27+/m1/s1. The van der Waals surface area contributed by atoms with Crippen LogP contribution in [0.1, 0.15) is 0 Å². The van der Waals surface area contributed by atoms with Crippen molar-refractivity contribution in [3.63, 3.8) is 0 Å². The van der Waals surface area contributed by atoms with E-state index in [9.17, 15) is 61.0 Å². The van der Waals surface area contributed by atoms with Gasteiger partial charge in [-0.15, -0.1) is 0 Å². The lowest BCUT2D eigenvalue weighted by atomic mass is 9.99. The van der Waals surface area contributed by atoms with Crippen LogP contribution in [0.2, 0.25) is 0 Å². The molecule has 0 amide bonds. The number of hydrogen-bond donors (Lipinski definition) is 11. The maximum atomic E-state index is 13.9. The van der Waals surface area contributed by atoms with Gasteiger partial charge in [-0.05, 0) is 24.3 Å². The summed E-state index contributed by atoms with van der Waals surface area (Å²) in [6, 6.07) is 5.97. The number of rotatable bonds is 7. The molecule has 0 saturated carbocycles. The molecule has 2 aliphatic rings. The molecule has 240 valence electrons. The molecular weight excluding hydrogens is 596 g/mol. The van der Waals surface area contributed by atoms with Crippen LogP contribution in [0, 0.1) is 0 Å². The Hall–Kier alpha value is -3.75. The predicted molar refractivity (Wildman–Crippen MR) is 142 cm³/mol. The van der Waals surface area contributed by atoms with E-state index in [1.54, 1.807) is 0 Å². The van der Waals surface area contributed by atoms with Crippen LogP contribution in [0.3, 0.4) is 0 Å². The van der Waals surface area contributed by atoms with Crippen LogP contribution >= 0.6 is 0 Å². The molecule has 5 rings (SSSR count). The van der Waals surface area contributed by atoms with Crippen LogP contribution < -0.4 is 14.9 Å². The van der Waals surface area contributed by atoms with Crippen LogP contribution in [0.25, 0.3) is 22.3 Å². The summed E-state index contributed by atoms with van der Waals surface area (Å²) < 4.78 is 27.4. The Kier molecular flexibility index (Phi) is 8.87. The number of phenolic OH excluding ortho intramolecular Hbond substituents is 3. The van der Waals surface area contributed by atoms with E-state index < -0.39 is 114 Å². The predicted octanol–water partition coefficient (Wildman–Crippen LogP) is -3.07. The third kappa shape index (κ3) is 5.50. The van der Waals surface area contributed by atoms with Crippen LogP contribution in [-0.4, -0.2) is 131 Å². The number of aromatic hydroxyl groups is 3. The molecule has 3 aromatic rings. The van der Waals surface area contributed by atoms with E-state index in [1.807, 2.05) is 0 Å². The fraction of sp³-hybridized carbons (Fsp3) is 0.444. The van der Waals surface area contributed by atoms with Gasteiger partial charge >= 0.3 is 0 Å². The molecule has 1 aromatic heterocycles. The van der Waals surface area contributed by atoms with E-state index in [0.29, 0.717) is 0 Å². The molecule has 2 aliphatic heterocycles. The fourth-order valence-electron chi connectivity index (χ4n) is 4.87. The second kappa shape index (κ2) is 12.3. The first-order valence-corrected chi connectivity index (χ1v) is 13.2. The molecule has 17 nitrogen and oxygen atoms in total. The molecule has 0 aliphatic carbocycles. The molecule has 10 atom stereocenters. The van der Waals surface area contributed by atoms with Crippen molar-refractivity contribution in [1.29, 1.82) is 0 Å². The normalized spacial score (nSPS) is 32.5. The van der Waals surface area contributed by atoms with Gasteiger partial charge in [-0.2, -0.15) is 0 Å². The van der Waals surface area contributed by atoms with Crippen molar-refractivity contribution < 1.29 is 79.5 Å². The van der Waals surface area contributed by atoms with Gasteiger partial charge in [0.05, 0.1) is 13.2 Å². The van der Waals surface area contributed by atoms with Gasteiger partial charge < -0.3 is 79.5 Å². The zero-order valence-electron chi connectivity index (χ0n) is 22.4. The molecule has 0 bridgehead atoms. The minimum atomic E-state index is -1.95. The van der Waals surface area contributed by atoms with Crippen LogP contribution in [0.5, 0.6) is 28.7 Å². The minimum Gasteiger partial charge on any atom is -0.508 e. The van der Waals surface area contributed by atoms with Crippen molar-refractivity contribution in [3.05, 3.63) is 40.6 Å². The van der Waals surface area contributed by atoms with Gasteiger partial charge in [0.25, 0.3) is 0 Å². The second-order valence-corrected chi connectivity index (χ2v) is 10.2. The molecule has 0 spiro atoms. The van der Waals surface area contributed by atoms with Crippen molar-refractivity contribution in [2.24, 2.45) is 0 Å². The van der Waals surface area contributed by atoms with Gasteiger partial charge in [-0.3, -0.25) is 4.79 Å². The number of hydrogen-bond acceptors (Lipinski definition) is 17. The number of phenols is 3. The number of benzene rings is 2. The number of aliphatic hydroxyl groups is 8. The molecule has 11 N–H and O–H groups in total. The first kappa shape index (κ1) is 31.7. The van der Waals surface area contributed by atoms with Crippen LogP contribution in [0.15, 0.2) is 39.5 Å². The Balaban J connectivity index is 1.63. The Labute approximate surface area is 246 Å². The second-order valence-electron chi connectivity index (χ2n) is 10.2. The van der Waals surface area contributed by atoms with Crippen molar-refractivity contribution in [1.82, 2.24) is 0 Å². The summed E-state index contributed by atoms with van der Waals surface area (Å²) >= 11 is 0. The first-order valence-electron chi connectivity index (χ1n) is 13.2. The van der Waals surface area contributed by atoms with E-state index >= 15 is 0 Å². The summed E-state index contributed by atoms with van der Waals surface area (Å²) in [5.41, 5.74) is -1.47. The van der Waals surface area contributed by atoms with E-state index in [4.69, 9.17) is 23.4 Å². The summed E-state index contributed by atoms with van der Waals surface area (Å²) in [6.07, 6.45) is -17.7. The van der Waals surface area contributed by atoms with E-state index in [2.05, 4.69) is 0 Å². The maximum Gasteiger partial charge on any atom is 0.239 e. The number of ether oxygens (including phenoxy) is 4. The Bertz CT molecular complexity index is 1540. The summed E-state index contributed by atoms with van der Waals surface area (Å²) in [6.45, 7) is -1.61. The van der Waals surface area contributed by atoms with Crippen LogP contribution in [-0.2, 0) is 9.47 Å². The largest absolute Gasteiger partial charge is 0.508 e. The van der Waals surface area contributed by atoms with Gasteiger partial charge in [0.1, 0.15) is 65.6 Å². The Morgan fingerprint density at radius 3 is 1.68 bits per heavy atom. The van der Waals surface area contributed by atoms with E-state index in [0.717, 1.165) is 6.07 Å². The topological polar surface area (TPSA) is 290 Å². The third-order valence-corrected chi connectivity index (χ3v) is 7.34. The SMILES string of the molecule is O=c1c(O[C@@H]2OC(CO)[C@@H](O)C(O)C2O)c(-c2ccc(O)cc2)oc2cc(O)c(O[C@@H]3OC(CO)[C@@H](O)[C@H](O)C3O)c(O)c12. The zero-order chi connectivity index (χ0) is 32.0. The molecule has 0 radical (unpaired) electrons. The van der Waals surface area contributed by atoms with Crippen LogP contribution in [0.4, 0.5) is 0 Å². The van der Waals surface area contributed by atoms with Gasteiger partial charge in [-0.25, -0.2) is 0 Å². The summed E-state index contributed by atoms with van der Waals surface area (Å²) in [5.74, 6) is -3.99. The van der Waals surface area contributed by atoms with Crippen molar-refractivity contribution in [3.8, 4) is 40.1 Å². The van der Waals surface area contributed by atoms with Crippen molar-refractivity contribution in [2.75, 3.05) is 13.2 Å². The summed E-state index contributed by atoms with van der Waals surface area (Å²) in [7, 11) is 0. The lowest BCUT2D eigenvalue weighted by molar-refractivity contribution is -0.277. The molecule has 2 saturated heterocycles. The van der Waals surface area contributed by atoms with Crippen molar-refractivity contribution >= 4 is 11.0 Å². The average Bonchev–Trinajstić information content (AvgIpc) is 3.00. The maximum absolute atomic E-state index is 13.9. The van der Waals surface area contributed by atoms with Gasteiger partial charge in [0.2, 0.25) is 29.5 Å². The van der Waals surface area contributed by atoms with Gasteiger partial charge in [-0.1, -0.05) is 0 Å². The molecule has 2 fully saturated rings. The molecule has 3 heterocycles. The third-order valence-electron chi connectivity index (χ3n) is 7.34. The van der Waals surface area contributed by atoms with Crippen molar-refractivity contribution in [2.45, 2.75) is 61.4 Å². The lowest BCUT2D eigenvalue weighted by Gasteiger charge is -2.39. The highest BCUT2D eigenvalue weighted by molar-refractivity contribution is 5.91. The summed E-state index contributed by atoms with van der Waals surface area (Å²) in [5, 5.41) is 111. The van der Waals surface area contributed by atoms with E-state index in [-0.39, 0.29) is 17.1 Å². The molecular formula is C27H30O17. The molecule has 44 heavy (non-hydrogen) atoms. The highest BCUT2D eigenvalue weighted by Gasteiger charge is 2.47. The monoisotopic (exact) mass is 626 g/mol. The summed E-state index contributed by atoms with van der Waals surface area (Å²) in [4.78, 5) is 13.9. The molecule has 17 heteroatoms. The minimum absolute atomic E-state index is 0.113. The highest BCUT2D eigenvalue weighted by Crippen LogP contribution is 2.45. The smallest absolute Gasteiger partial charge is 0.239 e. The highest BCUT2D eigenvalue weighted by atomic mass is 16.7. The van der Waals surface area contributed by atoms with Gasteiger partial charge in [0.15, 0.2) is 17.3 Å². The lowest BCUT2D eigenvalue weighted by Crippen LogP contribution is -2.60. The average molecular weight is 627 g/mol. The quantitative estimate of drug-likeness (QED) is 0.124. The molecule has 5 unspecified atom stereocenters. The van der Waals surface area contributed by atoms with E-state index in [1.165, 1.54) is 24.3 Å². The number of aliphatic hydroxyl groups excluding tert-OH is 8. The first-order chi connectivity index (χ1) is 20.9. The Morgan fingerprint density at radius 2 is 1.18 bits per heavy atom. The molecule has 2 aromatic carbocycles. The van der Waals surface area contributed by atoms with Gasteiger partial charge in [0, 0.05) is 11.6 Å². The number of fused-ring (bicyclic) bond motifs is 1. The Morgan fingerprint density at radius 1 is 0.682 bits per heavy atom. The zero-order valence-corrected chi connectivity index (χ0v) is 22.4.